The Morgan fingerprint density at radius 2 is 1.75 bits per heavy atom. The van der Waals surface area contributed by atoms with E-state index in [2.05, 4.69) is 50.9 Å². The molecular weight excluding hydrogens is 382 g/mol. The Balaban J connectivity index is 2.08. The maximum absolute atomic E-state index is 6.20. The fourth-order valence-corrected chi connectivity index (χ4v) is 4.20. The van der Waals surface area contributed by atoms with Gasteiger partial charge < -0.3 is 10.5 Å². The summed E-state index contributed by atoms with van der Waals surface area (Å²) in [6.45, 7) is 4.35. The van der Waals surface area contributed by atoms with Crippen LogP contribution in [0.15, 0.2) is 21.1 Å². The molecule has 0 radical (unpaired) electrons. The number of hydrogen-bond donors (Lipinski definition) is 1. The summed E-state index contributed by atoms with van der Waals surface area (Å²) < 4.78 is 8.23. The van der Waals surface area contributed by atoms with Gasteiger partial charge in [0.1, 0.15) is 5.75 Å². The van der Waals surface area contributed by atoms with E-state index in [9.17, 15) is 0 Å². The van der Waals surface area contributed by atoms with Gasteiger partial charge >= 0.3 is 0 Å². The van der Waals surface area contributed by atoms with Crippen LogP contribution in [-0.2, 0) is 6.42 Å². The van der Waals surface area contributed by atoms with Gasteiger partial charge in [0, 0.05) is 6.04 Å². The molecule has 1 atom stereocenters. The topological polar surface area (TPSA) is 35.2 Å². The minimum absolute atomic E-state index is 0.167. The number of rotatable bonds is 4. The van der Waals surface area contributed by atoms with Gasteiger partial charge in [0.2, 0.25) is 0 Å². The summed E-state index contributed by atoms with van der Waals surface area (Å²) in [5, 5.41) is 0. The minimum atomic E-state index is 0.167. The Kier molecular flexibility index (Phi) is 5.94. The van der Waals surface area contributed by atoms with Gasteiger partial charge in [-0.1, -0.05) is 6.92 Å². The first-order valence-electron chi connectivity index (χ1n) is 7.36. The van der Waals surface area contributed by atoms with E-state index < -0.39 is 0 Å². The van der Waals surface area contributed by atoms with Crippen LogP contribution in [0.3, 0.4) is 0 Å². The maximum atomic E-state index is 6.20. The van der Waals surface area contributed by atoms with Crippen molar-refractivity contribution in [1.29, 1.82) is 0 Å². The number of halogens is 2. The van der Waals surface area contributed by atoms with E-state index in [-0.39, 0.29) is 6.04 Å². The molecule has 0 bridgehead atoms. The van der Waals surface area contributed by atoms with Gasteiger partial charge in [-0.2, -0.15) is 0 Å². The lowest BCUT2D eigenvalue weighted by Gasteiger charge is -2.27. The molecule has 1 aromatic rings. The van der Waals surface area contributed by atoms with Gasteiger partial charge in [-0.25, -0.2) is 0 Å². The van der Waals surface area contributed by atoms with E-state index in [0.717, 1.165) is 39.9 Å². The quantitative estimate of drug-likeness (QED) is 0.761. The van der Waals surface area contributed by atoms with Crippen LogP contribution in [0.4, 0.5) is 0 Å². The molecule has 1 aliphatic rings. The fraction of sp³-hybridized carbons (Fsp3) is 0.625. The lowest BCUT2D eigenvalue weighted by Crippen LogP contribution is -2.23. The van der Waals surface area contributed by atoms with E-state index in [0.29, 0.717) is 6.10 Å². The van der Waals surface area contributed by atoms with Crippen molar-refractivity contribution in [3.63, 3.8) is 0 Å². The first kappa shape index (κ1) is 16.3. The van der Waals surface area contributed by atoms with Crippen molar-refractivity contribution in [2.75, 3.05) is 0 Å². The monoisotopic (exact) mass is 403 g/mol. The fourth-order valence-electron chi connectivity index (χ4n) is 2.73. The predicted molar refractivity (Wildman–Crippen MR) is 91.2 cm³/mol. The van der Waals surface area contributed by atoms with Crippen LogP contribution in [0.5, 0.6) is 5.75 Å². The smallest absolute Gasteiger partial charge is 0.148 e. The Morgan fingerprint density at radius 3 is 2.25 bits per heavy atom. The summed E-state index contributed by atoms with van der Waals surface area (Å²) >= 11 is 7.26. The second kappa shape index (κ2) is 7.28. The molecule has 0 aromatic heterocycles. The molecule has 2 N–H and O–H groups in total. The molecule has 0 amide bonds. The van der Waals surface area contributed by atoms with Crippen molar-refractivity contribution in [2.24, 2.45) is 11.7 Å². The third kappa shape index (κ3) is 4.47. The standard InChI is InChI=1S/C16H23Br2NO/c1-10-3-5-13(6-4-10)20-16-14(17)8-12(7-11(2)19)9-15(16)18/h8-11,13H,3-7,19H2,1-2H3. The second-order valence-corrected chi connectivity index (χ2v) is 7.78. The SMILES string of the molecule is CC(N)Cc1cc(Br)c(OC2CCC(C)CC2)c(Br)c1. The Bertz CT molecular complexity index is 431. The number of benzene rings is 1. The third-order valence-electron chi connectivity index (χ3n) is 3.86. The van der Waals surface area contributed by atoms with E-state index in [1.807, 2.05) is 6.92 Å². The average Bonchev–Trinajstić information content (AvgIpc) is 2.35. The molecule has 2 rings (SSSR count). The van der Waals surface area contributed by atoms with Crippen molar-refractivity contribution in [3.8, 4) is 5.75 Å². The highest BCUT2D eigenvalue weighted by molar-refractivity contribution is 9.11. The molecule has 0 aliphatic heterocycles. The van der Waals surface area contributed by atoms with Crippen LogP contribution in [0.1, 0.15) is 45.1 Å². The number of nitrogens with two attached hydrogens (primary N) is 1. The lowest BCUT2D eigenvalue weighted by atomic mass is 9.89. The zero-order valence-electron chi connectivity index (χ0n) is 12.2. The summed E-state index contributed by atoms with van der Waals surface area (Å²) in [5.41, 5.74) is 7.09. The molecule has 2 nitrogen and oxygen atoms in total. The zero-order chi connectivity index (χ0) is 14.7. The van der Waals surface area contributed by atoms with E-state index in [1.54, 1.807) is 0 Å². The summed E-state index contributed by atoms with van der Waals surface area (Å²) in [5.74, 6) is 1.77. The van der Waals surface area contributed by atoms with E-state index >= 15 is 0 Å². The molecule has 0 spiro atoms. The summed E-state index contributed by atoms with van der Waals surface area (Å²) in [6, 6.07) is 4.41. The van der Waals surface area contributed by atoms with Crippen molar-refractivity contribution in [1.82, 2.24) is 0 Å². The van der Waals surface area contributed by atoms with Crippen molar-refractivity contribution < 1.29 is 4.74 Å². The van der Waals surface area contributed by atoms with Gasteiger partial charge in [0.25, 0.3) is 0 Å². The normalized spacial score (nSPS) is 24.4. The van der Waals surface area contributed by atoms with Crippen molar-refractivity contribution >= 4 is 31.9 Å². The van der Waals surface area contributed by atoms with Gasteiger partial charge in [-0.05, 0) is 94.5 Å². The molecule has 20 heavy (non-hydrogen) atoms. The molecule has 0 saturated heterocycles. The van der Waals surface area contributed by atoms with Crippen LogP contribution in [0.25, 0.3) is 0 Å². The van der Waals surface area contributed by atoms with Crippen molar-refractivity contribution in [3.05, 3.63) is 26.6 Å². The van der Waals surface area contributed by atoms with Gasteiger partial charge in [-0.3, -0.25) is 0 Å². The largest absolute Gasteiger partial charge is 0.488 e. The second-order valence-electron chi connectivity index (χ2n) is 6.07. The van der Waals surface area contributed by atoms with E-state index in [4.69, 9.17) is 10.5 Å². The molecule has 1 unspecified atom stereocenters. The molecule has 0 heterocycles. The first-order valence-corrected chi connectivity index (χ1v) is 8.94. The zero-order valence-corrected chi connectivity index (χ0v) is 15.3. The summed E-state index contributed by atoms with van der Waals surface area (Å²) in [6.07, 6.45) is 6.06. The predicted octanol–water partition coefficient (Wildman–Crippen LogP) is 5.06. The first-order chi connectivity index (χ1) is 9.45. The molecule has 112 valence electrons. The molecule has 1 saturated carbocycles. The van der Waals surface area contributed by atoms with Crippen LogP contribution >= 0.6 is 31.9 Å². The summed E-state index contributed by atoms with van der Waals surface area (Å²) in [4.78, 5) is 0. The molecule has 4 heteroatoms. The highest BCUT2D eigenvalue weighted by atomic mass is 79.9. The van der Waals surface area contributed by atoms with Crippen molar-refractivity contribution in [2.45, 2.75) is 58.1 Å². The van der Waals surface area contributed by atoms with Crippen LogP contribution in [0.2, 0.25) is 0 Å². The van der Waals surface area contributed by atoms with Gasteiger partial charge in [0.05, 0.1) is 15.0 Å². The molecule has 1 aromatic carbocycles. The van der Waals surface area contributed by atoms with Gasteiger partial charge in [0.15, 0.2) is 0 Å². The Morgan fingerprint density at radius 1 is 1.20 bits per heavy atom. The minimum Gasteiger partial charge on any atom is -0.488 e. The average molecular weight is 405 g/mol. The Hall–Kier alpha value is -0.0600. The van der Waals surface area contributed by atoms with Crippen LogP contribution < -0.4 is 10.5 Å². The summed E-state index contributed by atoms with van der Waals surface area (Å²) in [7, 11) is 0. The van der Waals surface area contributed by atoms with Crippen LogP contribution in [-0.4, -0.2) is 12.1 Å². The maximum Gasteiger partial charge on any atom is 0.148 e. The Labute approximate surface area is 138 Å². The van der Waals surface area contributed by atoms with Crippen LogP contribution in [0, 0.1) is 5.92 Å². The molecule has 1 aliphatic carbocycles. The van der Waals surface area contributed by atoms with E-state index in [1.165, 1.54) is 18.4 Å². The molecular formula is C16H23Br2NO. The third-order valence-corrected chi connectivity index (χ3v) is 5.04. The highest BCUT2D eigenvalue weighted by Gasteiger charge is 2.21. The highest BCUT2D eigenvalue weighted by Crippen LogP contribution is 2.37. The molecule has 1 fully saturated rings. The lowest BCUT2D eigenvalue weighted by molar-refractivity contribution is 0.134. The van der Waals surface area contributed by atoms with Gasteiger partial charge in [-0.15, -0.1) is 0 Å². The number of ether oxygens (including phenoxy) is 1. The number of hydrogen-bond acceptors (Lipinski definition) is 2.